The van der Waals surface area contributed by atoms with Crippen molar-refractivity contribution in [2.45, 2.75) is 51.5 Å². The van der Waals surface area contributed by atoms with Crippen molar-refractivity contribution in [3.63, 3.8) is 0 Å². The lowest BCUT2D eigenvalue weighted by molar-refractivity contribution is -0.143. The van der Waals surface area contributed by atoms with Crippen LogP contribution in [0.2, 0.25) is 0 Å². The van der Waals surface area contributed by atoms with Crippen LogP contribution in [0.1, 0.15) is 45.4 Å². The van der Waals surface area contributed by atoms with Crippen LogP contribution in [0.25, 0.3) is 11.1 Å². The van der Waals surface area contributed by atoms with Crippen LogP contribution in [-0.4, -0.2) is 25.2 Å². The molecule has 1 aliphatic rings. The molecule has 0 unspecified atom stereocenters. The van der Waals surface area contributed by atoms with Crippen LogP contribution < -0.4 is 10.1 Å². The van der Waals surface area contributed by atoms with Crippen molar-refractivity contribution in [2.24, 2.45) is 0 Å². The molecule has 0 spiro atoms. The molecule has 3 rings (SSSR count). The van der Waals surface area contributed by atoms with Gasteiger partial charge in [-0.05, 0) is 62.1 Å². The molecule has 162 valence electrons. The molecule has 2 aromatic rings. The van der Waals surface area contributed by atoms with Crippen LogP contribution in [0.5, 0.6) is 5.75 Å². The van der Waals surface area contributed by atoms with Gasteiger partial charge in [-0.25, -0.2) is 13.2 Å². The Morgan fingerprint density at radius 2 is 1.80 bits per heavy atom. The average Bonchev–Trinajstić information content (AvgIpc) is 3.21. The van der Waals surface area contributed by atoms with Gasteiger partial charge in [0, 0.05) is 23.7 Å². The first-order valence-electron chi connectivity index (χ1n) is 10.3. The predicted octanol–water partition coefficient (Wildman–Crippen LogP) is 5.85. The second-order valence-electron chi connectivity index (χ2n) is 7.34. The van der Waals surface area contributed by atoms with E-state index in [-0.39, 0.29) is 43.6 Å². The number of carbonyl (C=O) groups excluding carboxylic acids is 1. The number of carbonyl (C=O) groups is 1. The second-order valence-corrected chi connectivity index (χ2v) is 7.34. The fraction of sp³-hybridized carbons (Fsp3) is 0.435. The molecule has 0 saturated heterocycles. The Kier molecular flexibility index (Phi) is 7.60. The number of anilines is 1. The maximum absolute atomic E-state index is 14.6. The zero-order valence-electron chi connectivity index (χ0n) is 17.0. The predicted molar refractivity (Wildman–Crippen MR) is 109 cm³/mol. The summed E-state index contributed by atoms with van der Waals surface area (Å²) in [7, 11) is 0. The molecule has 0 atom stereocenters. The molecule has 7 heteroatoms. The van der Waals surface area contributed by atoms with E-state index in [1.54, 1.807) is 13.0 Å². The van der Waals surface area contributed by atoms with Crippen LogP contribution in [0.4, 0.5) is 18.9 Å². The Morgan fingerprint density at radius 1 is 1.10 bits per heavy atom. The van der Waals surface area contributed by atoms with Gasteiger partial charge in [-0.15, -0.1) is 0 Å². The molecule has 1 fully saturated rings. The van der Waals surface area contributed by atoms with Gasteiger partial charge in [-0.1, -0.05) is 12.8 Å². The molecule has 1 aliphatic carbocycles. The first-order valence-corrected chi connectivity index (χ1v) is 10.3. The molecule has 4 nitrogen and oxygen atoms in total. The van der Waals surface area contributed by atoms with Crippen LogP contribution in [0.15, 0.2) is 30.3 Å². The molecule has 0 heterocycles. The first kappa shape index (κ1) is 22.0. The summed E-state index contributed by atoms with van der Waals surface area (Å²) in [5, 5.41) is 3.36. The van der Waals surface area contributed by atoms with Crippen LogP contribution >= 0.6 is 0 Å². The topological polar surface area (TPSA) is 47.6 Å². The highest BCUT2D eigenvalue weighted by Gasteiger charge is 2.19. The number of halogens is 3. The van der Waals surface area contributed by atoms with Crippen LogP contribution in [0.3, 0.4) is 0 Å². The van der Waals surface area contributed by atoms with Crippen molar-refractivity contribution in [3.8, 4) is 16.9 Å². The third-order valence-corrected chi connectivity index (χ3v) is 5.08. The number of rotatable bonds is 9. The van der Waals surface area contributed by atoms with Gasteiger partial charge in [-0.3, -0.25) is 4.79 Å². The molecule has 0 aliphatic heterocycles. The summed E-state index contributed by atoms with van der Waals surface area (Å²) in [5.74, 6) is -3.13. The minimum absolute atomic E-state index is 0.0273. The Hall–Kier alpha value is -2.70. The molecule has 2 aromatic carbocycles. The molecule has 0 bridgehead atoms. The van der Waals surface area contributed by atoms with Crippen molar-refractivity contribution in [3.05, 3.63) is 47.8 Å². The van der Waals surface area contributed by atoms with Gasteiger partial charge in [0.1, 0.15) is 5.82 Å². The SMILES string of the molecule is CCOC(=O)CCCOc1c(F)cc(-c2cc(F)ccc2NC2CCCC2)cc1F. The van der Waals surface area contributed by atoms with Crippen molar-refractivity contribution in [2.75, 3.05) is 18.5 Å². The molecular weight excluding hydrogens is 395 g/mol. The lowest BCUT2D eigenvalue weighted by Crippen LogP contribution is -2.15. The minimum atomic E-state index is -0.878. The van der Waals surface area contributed by atoms with E-state index in [2.05, 4.69) is 5.32 Å². The summed E-state index contributed by atoms with van der Waals surface area (Å²) in [6.45, 7) is 1.95. The van der Waals surface area contributed by atoms with E-state index in [0.717, 1.165) is 37.8 Å². The standard InChI is InChI=1S/C23H26F3NO3/c1-2-29-22(28)8-5-11-30-23-19(25)12-15(13-20(23)26)18-14-16(24)9-10-21(18)27-17-6-3-4-7-17/h9-10,12-14,17,27H,2-8,11H2,1H3. The Labute approximate surface area is 174 Å². The fourth-order valence-corrected chi connectivity index (χ4v) is 3.65. The minimum Gasteiger partial charge on any atom is -0.488 e. The number of hydrogen-bond donors (Lipinski definition) is 1. The summed E-state index contributed by atoms with van der Waals surface area (Å²) in [5.41, 5.74) is 1.27. The van der Waals surface area contributed by atoms with E-state index in [1.165, 1.54) is 12.1 Å². The lowest BCUT2D eigenvalue weighted by Gasteiger charge is -2.18. The summed E-state index contributed by atoms with van der Waals surface area (Å²) < 4.78 is 53.0. The summed E-state index contributed by atoms with van der Waals surface area (Å²) in [6.07, 6.45) is 4.66. The molecule has 30 heavy (non-hydrogen) atoms. The maximum atomic E-state index is 14.6. The van der Waals surface area contributed by atoms with Gasteiger partial charge >= 0.3 is 5.97 Å². The zero-order chi connectivity index (χ0) is 21.5. The average molecular weight is 421 g/mol. The largest absolute Gasteiger partial charge is 0.488 e. The molecule has 0 aromatic heterocycles. The highest BCUT2D eigenvalue weighted by atomic mass is 19.1. The van der Waals surface area contributed by atoms with Crippen LogP contribution in [-0.2, 0) is 9.53 Å². The van der Waals surface area contributed by atoms with E-state index >= 15 is 0 Å². The Balaban J connectivity index is 1.74. The number of hydrogen-bond acceptors (Lipinski definition) is 4. The zero-order valence-corrected chi connectivity index (χ0v) is 17.0. The van der Waals surface area contributed by atoms with Gasteiger partial charge in [0.25, 0.3) is 0 Å². The monoisotopic (exact) mass is 421 g/mol. The number of esters is 1. The summed E-state index contributed by atoms with van der Waals surface area (Å²) in [6, 6.07) is 6.74. The first-order chi connectivity index (χ1) is 14.5. The third-order valence-electron chi connectivity index (χ3n) is 5.08. The van der Waals surface area contributed by atoms with E-state index in [4.69, 9.17) is 9.47 Å². The van der Waals surface area contributed by atoms with Crippen molar-refractivity contribution in [1.29, 1.82) is 0 Å². The van der Waals surface area contributed by atoms with Gasteiger partial charge in [0.15, 0.2) is 17.4 Å². The quantitative estimate of drug-likeness (QED) is 0.408. The summed E-state index contributed by atoms with van der Waals surface area (Å²) >= 11 is 0. The molecular formula is C23H26F3NO3. The van der Waals surface area contributed by atoms with Crippen molar-refractivity contribution >= 4 is 11.7 Å². The Morgan fingerprint density at radius 3 is 2.47 bits per heavy atom. The normalized spacial score (nSPS) is 14.0. The second kappa shape index (κ2) is 10.4. The molecule has 0 amide bonds. The van der Waals surface area contributed by atoms with Crippen LogP contribution in [0, 0.1) is 17.5 Å². The molecule has 0 radical (unpaired) electrons. The highest BCUT2D eigenvalue weighted by Crippen LogP contribution is 2.35. The molecule has 1 N–H and O–H groups in total. The fourth-order valence-electron chi connectivity index (χ4n) is 3.65. The van der Waals surface area contributed by atoms with Gasteiger partial charge in [0.05, 0.1) is 13.2 Å². The summed E-state index contributed by atoms with van der Waals surface area (Å²) in [4.78, 5) is 11.3. The smallest absolute Gasteiger partial charge is 0.305 e. The highest BCUT2D eigenvalue weighted by molar-refractivity contribution is 5.78. The van der Waals surface area contributed by atoms with Gasteiger partial charge in [0.2, 0.25) is 0 Å². The number of ether oxygens (including phenoxy) is 2. The van der Waals surface area contributed by atoms with E-state index < -0.39 is 23.2 Å². The number of nitrogens with one attached hydrogen (secondary N) is 1. The van der Waals surface area contributed by atoms with E-state index in [1.807, 2.05) is 0 Å². The van der Waals surface area contributed by atoms with E-state index in [9.17, 15) is 18.0 Å². The van der Waals surface area contributed by atoms with Crippen molar-refractivity contribution in [1.82, 2.24) is 0 Å². The van der Waals surface area contributed by atoms with Crippen molar-refractivity contribution < 1.29 is 27.4 Å². The third kappa shape index (κ3) is 5.68. The molecule has 1 saturated carbocycles. The van der Waals surface area contributed by atoms with E-state index in [0.29, 0.717) is 11.3 Å². The lowest BCUT2D eigenvalue weighted by atomic mass is 10.0. The van der Waals surface area contributed by atoms with Gasteiger partial charge in [-0.2, -0.15) is 0 Å². The Bertz CT molecular complexity index is 859. The number of benzene rings is 2. The maximum Gasteiger partial charge on any atom is 0.305 e. The van der Waals surface area contributed by atoms with Gasteiger partial charge < -0.3 is 14.8 Å².